The van der Waals surface area contributed by atoms with E-state index in [1.54, 1.807) is 11.8 Å². The number of amides is 1. The maximum Gasteiger partial charge on any atom is 0.276 e. The van der Waals surface area contributed by atoms with E-state index in [0.717, 1.165) is 11.6 Å². The highest BCUT2D eigenvalue weighted by Crippen LogP contribution is 2.25. The number of nitrogens with zero attached hydrogens (tertiary/aromatic N) is 5. The highest BCUT2D eigenvalue weighted by atomic mass is 16.4. The monoisotopic (exact) mass is 303 g/mol. The van der Waals surface area contributed by atoms with Gasteiger partial charge in [-0.15, -0.1) is 0 Å². The Morgan fingerprint density at radius 3 is 2.41 bits per heavy atom. The van der Waals surface area contributed by atoms with E-state index in [9.17, 15) is 4.79 Å². The second-order valence-corrected chi connectivity index (χ2v) is 6.13. The van der Waals surface area contributed by atoms with Gasteiger partial charge >= 0.3 is 0 Å². The Balaban J connectivity index is 1.70. The Morgan fingerprint density at radius 1 is 1.23 bits per heavy atom. The molecule has 1 aliphatic rings. The highest BCUT2D eigenvalue weighted by molar-refractivity contribution is 5.93. The topological polar surface area (TPSA) is 77.0 Å². The fourth-order valence-electron chi connectivity index (χ4n) is 2.67. The van der Waals surface area contributed by atoms with Gasteiger partial charge in [0.25, 0.3) is 5.91 Å². The van der Waals surface area contributed by atoms with Gasteiger partial charge in [0, 0.05) is 19.0 Å². The first-order valence-electron chi connectivity index (χ1n) is 7.53. The number of carbonyl (C=O) groups is 1. The van der Waals surface area contributed by atoms with Gasteiger partial charge in [0.1, 0.15) is 17.4 Å². The van der Waals surface area contributed by atoms with Crippen LogP contribution in [0.15, 0.2) is 4.42 Å². The van der Waals surface area contributed by atoms with E-state index in [4.69, 9.17) is 4.42 Å². The molecule has 7 nitrogen and oxygen atoms in total. The molecule has 0 aliphatic carbocycles. The molecule has 0 N–H and O–H groups in total. The van der Waals surface area contributed by atoms with Crippen molar-refractivity contribution in [1.82, 2.24) is 24.6 Å². The van der Waals surface area contributed by atoms with Gasteiger partial charge in [-0.25, -0.2) is 14.6 Å². The summed E-state index contributed by atoms with van der Waals surface area (Å²) in [4.78, 5) is 22.9. The molecule has 22 heavy (non-hydrogen) atoms. The summed E-state index contributed by atoms with van der Waals surface area (Å²) in [6, 6.07) is 0.196. The average Bonchev–Trinajstić information content (AvgIpc) is 2.91. The van der Waals surface area contributed by atoms with Crippen LogP contribution in [0, 0.1) is 20.8 Å². The number of oxazole rings is 1. The van der Waals surface area contributed by atoms with Crippen LogP contribution in [0.4, 0.5) is 0 Å². The van der Waals surface area contributed by atoms with Crippen LogP contribution in [0.3, 0.4) is 0 Å². The van der Waals surface area contributed by atoms with E-state index in [0.29, 0.717) is 30.4 Å². The van der Waals surface area contributed by atoms with Crippen molar-refractivity contribution in [3.05, 3.63) is 29.0 Å². The van der Waals surface area contributed by atoms with Gasteiger partial charge in [-0.05, 0) is 20.8 Å². The van der Waals surface area contributed by atoms with Crippen LogP contribution in [0.5, 0.6) is 0 Å². The molecule has 118 valence electrons. The molecular formula is C15H21N5O2. The molecular weight excluding hydrogens is 282 g/mol. The minimum atomic E-state index is -0.0705. The summed E-state index contributed by atoms with van der Waals surface area (Å²) in [7, 11) is 0. The van der Waals surface area contributed by atoms with Gasteiger partial charge in [-0.2, -0.15) is 5.10 Å². The van der Waals surface area contributed by atoms with Crippen LogP contribution in [-0.2, 0) is 0 Å². The number of rotatable bonds is 3. The van der Waals surface area contributed by atoms with Crippen LogP contribution in [0.2, 0.25) is 0 Å². The lowest BCUT2D eigenvalue weighted by Crippen LogP contribution is -2.51. The van der Waals surface area contributed by atoms with Crippen LogP contribution < -0.4 is 0 Å². The molecule has 2 aromatic rings. The van der Waals surface area contributed by atoms with Gasteiger partial charge in [-0.3, -0.25) is 4.79 Å². The van der Waals surface area contributed by atoms with Gasteiger partial charge in [0.15, 0.2) is 11.6 Å². The predicted molar refractivity (Wildman–Crippen MR) is 79.8 cm³/mol. The molecule has 0 saturated carbocycles. The van der Waals surface area contributed by atoms with Gasteiger partial charge in [0.2, 0.25) is 0 Å². The molecule has 0 aromatic carbocycles. The zero-order valence-electron chi connectivity index (χ0n) is 13.6. The average molecular weight is 303 g/mol. The number of carbonyl (C=O) groups excluding carboxylic acids is 1. The molecule has 0 unspecified atom stereocenters. The first kappa shape index (κ1) is 14.7. The Hall–Kier alpha value is -2.18. The van der Waals surface area contributed by atoms with E-state index in [1.807, 2.05) is 32.4 Å². The minimum absolute atomic E-state index is 0.0705. The molecule has 3 heterocycles. The Kier molecular flexibility index (Phi) is 3.50. The quantitative estimate of drug-likeness (QED) is 0.867. The summed E-state index contributed by atoms with van der Waals surface area (Å²) < 4.78 is 7.46. The van der Waals surface area contributed by atoms with Crippen molar-refractivity contribution in [3.63, 3.8) is 0 Å². The summed E-state index contributed by atoms with van der Waals surface area (Å²) in [5.74, 6) is 2.94. The summed E-state index contributed by atoms with van der Waals surface area (Å²) in [5.41, 5.74) is 0.425. The van der Waals surface area contributed by atoms with Gasteiger partial charge < -0.3 is 9.32 Å². The SMILES string of the molecule is Cc1nc(C)n(C2CN(C(=O)c3nc(C(C)C)oc3C)C2)n1. The van der Waals surface area contributed by atoms with Gasteiger partial charge in [-0.1, -0.05) is 13.8 Å². The summed E-state index contributed by atoms with van der Waals surface area (Å²) in [6.45, 7) is 10.8. The summed E-state index contributed by atoms with van der Waals surface area (Å²) in [5, 5.41) is 4.38. The van der Waals surface area contributed by atoms with Crippen LogP contribution >= 0.6 is 0 Å². The van der Waals surface area contributed by atoms with Crippen molar-refractivity contribution < 1.29 is 9.21 Å². The second kappa shape index (κ2) is 5.23. The lowest BCUT2D eigenvalue weighted by Gasteiger charge is -2.39. The number of hydrogen-bond acceptors (Lipinski definition) is 5. The van der Waals surface area contributed by atoms with Crippen molar-refractivity contribution in [2.24, 2.45) is 0 Å². The molecule has 7 heteroatoms. The van der Waals surface area contributed by atoms with E-state index in [-0.39, 0.29) is 17.9 Å². The Morgan fingerprint density at radius 2 is 1.91 bits per heavy atom. The van der Waals surface area contributed by atoms with Crippen molar-refractivity contribution in [2.45, 2.75) is 46.6 Å². The third-order valence-corrected chi connectivity index (χ3v) is 3.91. The fraction of sp³-hybridized carbons (Fsp3) is 0.600. The van der Waals surface area contributed by atoms with E-state index < -0.39 is 0 Å². The maximum absolute atomic E-state index is 12.5. The van der Waals surface area contributed by atoms with Crippen LogP contribution in [0.25, 0.3) is 0 Å². The first-order valence-corrected chi connectivity index (χ1v) is 7.53. The van der Waals surface area contributed by atoms with Crippen molar-refractivity contribution in [1.29, 1.82) is 0 Å². The second-order valence-electron chi connectivity index (χ2n) is 6.13. The molecule has 0 bridgehead atoms. The largest absolute Gasteiger partial charge is 0.445 e. The number of likely N-dealkylation sites (tertiary alicyclic amines) is 1. The maximum atomic E-state index is 12.5. The predicted octanol–water partition coefficient (Wildman–Crippen LogP) is 2.01. The normalized spacial score (nSPS) is 15.5. The highest BCUT2D eigenvalue weighted by Gasteiger charge is 2.36. The zero-order valence-corrected chi connectivity index (χ0v) is 13.6. The molecule has 1 saturated heterocycles. The lowest BCUT2D eigenvalue weighted by atomic mass is 10.1. The molecule has 0 atom stereocenters. The number of hydrogen-bond donors (Lipinski definition) is 0. The van der Waals surface area contributed by atoms with Crippen LogP contribution in [-0.4, -0.2) is 43.6 Å². The third-order valence-electron chi connectivity index (χ3n) is 3.91. The molecule has 1 fully saturated rings. The van der Waals surface area contributed by atoms with Crippen molar-refractivity contribution in [2.75, 3.05) is 13.1 Å². The lowest BCUT2D eigenvalue weighted by molar-refractivity contribution is 0.0489. The van der Waals surface area contributed by atoms with E-state index in [2.05, 4.69) is 15.1 Å². The van der Waals surface area contributed by atoms with Crippen LogP contribution in [0.1, 0.15) is 59.6 Å². The zero-order chi connectivity index (χ0) is 16.0. The fourth-order valence-corrected chi connectivity index (χ4v) is 2.67. The van der Waals surface area contributed by atoms with Crippen molar-refractivity contribution >= 4 is 5.91 Å². The molecule has 3 rings (SSSR count). The Labute approximate surface area is 129 Å². The minimum Gasteiger partial charge on any atom is -0.445 e. The summed E-state index contributed by atoms with van der Waals surface area (Å²) >= 11 is 0. The molecule has 1 amide bonds. The molecule has 2 aromatic heterocycles. The first-order chi connectivity index (χ1) is 10.4. The number of aromatic nitrogens is 4. The van der Waals surface area contributed by atoms with E-state index in [1.165, 1.54) is 0 Å². The smallest absolute Gasteiger partial charge is 0.276 e. The third kappa shape index (κ3) is 2.40. The number of aryl methyl sites for hydroxylation is 3. The van der Waals surface area contributed by atoms with Crippen molar-refractivity contribution in [3.8, 4) is 0 Å². The summed E-state index contributed by atoms with van der Waals surface area (Å²) in [6.07, 6.45) is 0. The molecule has 0 radical (unpaired) electrons. The van der Waals surface area contributed by atoms with E-state index >= 15 is 0 Å². The Bertz CT molecular complexity index is 710. The molecule has 0 spiro atoms. The standard InChI is InChI=1S/C15H21N5O2/c1-8(2)14-17-13(9(3)22-14)15(21)19-6-12(7-19)20-11(5)16-10(4)18-20/h8,12H,6-7H2,1-5H3. The molecule has 1 aliphatic heterocycles. The van der Waals surface area contributed by atoms with Gasteiger partial charge in [0.05, 0.1) is 6.04 Å².